The second kappa shape index (κ2) is 6.87. The van der Waals surface area contributed by atoms with E-state index in [0.717, 1.165) is 17.5 Å². The minimum Gasteiger partial charge on any atom is -0.489 e. The van der Waals surface area contributed by atoms with E-state index in [2.05, 4.69) is 10.3 Å². The van der Waals surface area contributed by atoms with E-state index in [1.807, 2.05) is 19.1 Å². The molecule has 1 aromatic heterocycles. The Morgan fingerprint density at radius 1 is 1.35 bits per heavy atom. The molecule has 0 atom stereocenters. The summed E-state index contributed by atoms with van der Waals surface area (Å²) in [5.41, 5.74) is 1.68. The van der Waals surface area contributed by atoms with E-state index < -0.39 is 0 Å². The lowest BCUT2D eigenvalue weighted by atomic mass is 10.1. The molecule has 0 saturated heterocycles. The Hall–Kier alpha value is -2.27. The maximum Gasteiger partial charge on any atom is 0.229 e. The zero-order valence-corrected chi connectivity index (χ0v) is 13.5. The van der Waals surface area contributed by atoms with Crippen molar-refractivity contribution in [3.8, 4) is 11.5 Å². The third-order valence-corrected chi connectivity index (χ3v) is 3.77. The van der Waals surface area contributed by atoms with Crippen molar-refractivity contribution >= 4 is 23.3 Å². The fourth-order valence-electron chi connectivity index (χ4n) is 2.36. The van der Waals surface area contributed by atoms with Gasteiger partial charge in [0.05, 0.1) is 24.7 Å². The fourth-order valence-corrected chi connectivity index (χ4v) is 2.65. The number of anilines is 1. The third-order valence-electron chi connectivity index (χ3n) is 3.49. The van der Waals surface area contributed by atoms with Crippen LogP contribution in [0.2, 0.25) is 5.02 Å². The number of amides is 1. The molecular weight excluding hydrogens is 316 g/mol. The monoisotopic (exact) mass is 332 g/mol. The maximum atomic E-state index is 12.2. The van der Waals surface area contributed by atoms with Crippen molar-refractivity contribution in [2.24, 2.45) is 0 Å². The molecule has 120 valence electrons. The molecule has 0 fully saturated rings. The number of hydrogen-bond donors (Lipinski definition) is 1. The highest BCUT2D eigenvalue weighted by Gasteiger charge is 2.17. The minimum absolute atomic E-state index is 0.155. The number of halogens is 1. The average Bonchev–Trinajstić information content (AvgIpc) is 2.75. The summed E-state index contributed by atoms with van der Waals surface area (Å²) in [4.78, 5) is 16.4. The standard InChI is InChI=1S/C17H17ClN2O3/c1-11-4-2-5-19-17(11)20-15(21)10-12-8-13(18)16-14(9-12)22-6-3-7-23-16/h2,4-5,8-9H,3,6-7,10H2,1H3,(H,19,20,21). The number of hydrogen-bond acceptors (Lipinski definition) is 4. The van der Waals surface area contributed by atoms with Gasteiger partial charge in [0.1, 0.15) is 5.82 Å². The molecule has 2 heterocycles. The minimum atomic E-state index is -0.155. The smallest absolute Gasteiger partial charge is 0.229 e. The van der Waals surface area contributed by atoms with Crippen molar-refractivity contribution in [1.29, 1.82) is 0 Å². The first-order valence-electron chi connectivity index (χ1n) is 7.43. The van der Waals surface area contributed by atoms with E-state index in [1.54, 1.807) is 18.3 Å². The van der Waals surface area contributed by atoms with Gasteiger partial charge >= 0.3 is 0 Å². The van der Waals surface area contributed by atoms with Crippen LogP contribution in [0, 0.1) is 6.92 Å². The Morgan fingerprint density at radius 2 is 2.17 bits per heavy atom. The molecular formula is C17H17ClN2O3. The van der Waals surface area contributed by atoms with Crippen molar-refractivity contribution in [3.05, 3.63) is 46.6 Å². The van der Waals surface area contributed by atoms with E-state index in [-0.39, 0.29) is 12.3 Å². The number of aromatic nitrogens is 1. The van der Waals surface area contributed by atoms with Gasteiger partial charge < -0.3 is 14.8 Å². The number of carbonyl (C=O) groups is 1. The molecule has 1 amide bonds. The number of rotatable bonds is 3. The summed E-state index contributed by atoms with van der Waals surface area (Å²) in [6, 6.07) is 7.26. The number of fused-ring (bicyclic) bond motifs is 1. The molecule has 0 bridgehead atoms. The van der Waals surface area contributed by atoms with Crippen molar-refractivity contribution < 1.29 is 14.3 Å². The summed E-state index contributed by atoms with van der Waals surface area (Å²) in [5.74, 6) is 1.55. The Kier molecular flexibility index (Phi) is 4.67. The molecule has 0 radical (unpaired) electrons. The van der Waals surface area contributed by atoms with Gasteiger partial charge in [-0.3, -0.25) is 4.79 Å². The van der Waals surface area contributed by atoms with Crippen molar-refractivity contribution in [2.45, 2.75) is 19.8 Å². The highest BCUT2D eigenvalue weighted by molar-refractivity contribution is 6.32. The summed E-state index contributed by atoms with van der Waals surface area (Å²) in [6.07, 6.45) is 2.64. The van der Waals surface area contributed by atoms with Gasteiger partial charge in [-0.15, -0.1) is 0 Å². The van der Waals surface area contributed by atoms with Crippen LogP contribution in [0.25, 0.3) is 0 Å². The number of pyridine rings is 1. The molecule has 5 nitrogen and oxygen atoms in total. The van der Waals surface area contributed by atoms with Crippen LogP contribution in [0.15, 0.2) is 30.5 Å². The van der Waals surface area contributed by atoms with Gasteiger partial charge in [-0.25, -0.2) is 4.98 Å². The number of benzene rings is 1. The molecule has 1 aliphatic heterocycles. The Balaban J connectivity index is 1.75. The highest BCUT2D eigenvalue weighted by atomic mass is 35.5. The third kappa shape index (κ3) is 3.74. The normalized spacial score (nSPS) is 13.3. The SMILES string of the molecule is Cc1cccnc1NC(=O)Cc1cc(Cl)c2c(c1)OCCCO2. The first-order chi connectivity index (χ1) is 11.1. The van der Waals surface area contributed by atoms with Crippen LogP contribution in [0.1, 0.15) is 17.5 Å². The summed E-state index contributed by atoms with van der Waals surface area (Å²) >= 11 is 6.24. The van der Waals surface area contributed by atoms with Crippen molar-refractivity contribution in [2.75, 3.05) is 18.5 Å². The van der Waals surface area contributed by atoms with Crippen LogP contribution in [-0.4, -0.2) is 24.1 Å². The van der Waals surface area contributed by atoms with Gasteiger partial charge in [0.15, 0.2) is 11.5 Å². The van der Waals surface area contributed by atoms with E-state index in [1.165, 1.54) is 0 Å². The number of nitrogens with one attached hydrogen (secondary N) is 1. The fraction of sp³-hybridized carbons (Fsp3) is 0.294. The molecule has 0 saturated carbocycles. The first-order valence-corrected chi connectivity index (χ1v) is 7.81. The largest absolute Gasteiger partial charge is 0.489 e. The van der Waals surface area contributed by atoms with Gasteiger partial charge in [-0.2, -0.15) is 0 Å². The van der Waals surface area contributed by atoms with Crippen molar-refractivity contribution in [3.63, 3.8) is 0 Å². The summed E-state index contributed by atoms with van der Waals surface area (Å²) in [6.45, 7) is 3.05. The summed E-state index contributed by atoms with van der Waals surface area (Å²) in [7, 11) is 0. The predicted molar refractivity (Wildman–Crippen MR) is 88.4 cm³/mol. The molecule has 0 spiro atoms. The van der Waals surface area contributed by atoms with E-state index in [9.17, 15) is 4.79 Å². The van der Waals surface area contributed by atoms with E-state index in [0.29, 0.717) is 35.6 Å². The van der Waals surface area contributed by atoms with Gasteiger partial charge in [-0.05, 0) is 36.2 Å². The lowest BCUT2D eigenvalue weighted by Crippen LogP contribution is -2.16. The Morgan fingerprint density at radius 3 is 3.00 bits per heavy atom. The summed E-state index contributed by atoms with van der Waals surface area (Å²) in [5, 5.41) is 3.26. The maximum absolute atomic E-state index is 12.2. The van der Waals surface area contributed by atoms with Crippen LogP contribution in [-0.2, 0) is 11.2 Å². The molecule has 0 unspecified atom stereocenters. The second-order valence-electron chi connectivity index (χ2n) is 5.35. The van der Waals surface area contributed by atoms with Crippen LogP contribution in [0.3, 0.4) is 0 Å². The van der Waals surface area contributed by atoms with Gasteiger partial charge in [-0.1, -0.05) is 17.7 Å². The molecule has 1 N–H and O–H groups in total. The van der Waals surface area contributed by atoms with E-state index >= 15 is 0 Å². The highest BCUT2D eigenvalue weighted by Crippen LogP contribution is 2.38. The van der Waals surface area contributed by atoms with Gasteiger partial charge in [0, 0.05) is 12.6 Å². The first kappa shape index (κ1) is 15.6. The predicted octanol–water partition coefficient (Wildman–Crippen LogP) is 3.39. The number of aryl methyl sites for hydroxylation is 1. The second-order valence-corrected chi connectivity index (χ2v) is 5.76. The summed E-state index contributed by atoms with van der Waals surface area (Å²) < 4.78 is 11.2. The Bertz CT molecular complexity index is 734. The molecule has 23 heavy (non-hydrogen) atoms. The molecule has 6 heteroatoms. The molecule has 1 aromatic carbocycles. The quantitative estimate of drug-likeness (QED) is 0.936. The van der Waals surface area contributed by atoms with Crippen molar-refractivity contribution in [1.82, 2.24) is 4.98 Å². The van der Waals surface area contributed by atoms with Crippen LogP contribution >= 0.6 is 11.6 Å². The zero-order chi connectivity index (χ0) is 16.2. The number of ether oxygens (including phenoxy) is 2. The van der Waals surface area contributed by atoms with Crippen LogP contribution < -0.4 is 14.8 Å². The lowest BCUT2D eigenvalue weighted by molar-refractivity contribution is -0.115. The lowest BCUT2D eigenvalue weighted by Gasteiger charge is -2.12. The van der Waals surface area contributed by atoms with Crippen LogP contribution in [0.4, 0.5) is 5.82 Å². The van der Waals surface area contributed by atoms with Gasteiger partial charge in [0.25, 0.3) is 0 Å². The average molecular weight is 333 g/mol. The number of nitrogens with zero attached hydrogens (tertiary/aromatic N) is 1. The molecule has 0 aliphatic carbocycles. The number of carbonyl (C=O) groups excluding carboxylic acids is 1. The molecule has 3 rings (SSSR count). The Labute approximate surface area is 139 Å². The van der Waals surface area contributed by atoms with Crippen LogP contribution in [0.5, 0.6) is 11.5 Å². The molecule has 1 aliphatic rings. The zero-order valence-electron chi connectivity index (χ0n) is 12.8. The topological polar surface area (TPSA) is 60.5 Å². The molecule has 2 aromatic rings. The van der Waals surface area contributed by atoms with Gasteiger partial charge in [0.2, 0.25) is 5.91 Å². The van der Waals surface area contributed by atoms with E-state index in [4.69, 9.17) is 21.1 Å².